The fraction of sp³-hybridized carbons (Fsp3) is 0.206. The number of benzene rings is 3. The maximum Gasteiger partial charge on any atom is 0.344 e. The van der Waals surface area contributed by atoms with Crippen molar-refractivity contribution in [2.75, 3.05) is 7.05 Å². The van der Waals surface area contributed by atoms with E-state index in [1.54, 1.807) is 41.0 Å². The van der Waals surface area contributed by atoms with Gasteiger partial charge in [-0.15, -0.1) is 0 Å². The lowest BCUT2D eigenvalue weighted by atomic mass is 9.93. The summed E-state index contributed by atoms with van der Waals surface area (Å²) in [6, 6.07) is 21.7. The summed E-state index contributed by atoms with van der Waals surface area (Å²) < 4.78 is 15.1. The lowest BCUT2D eigenvalue weighted by Gasteiger charge is -2.21. The molecule has 0 aliphatic carbocycles. The molecule has 2 aromatic heterocycles. The molecule has 1 unspecified atom stereocenters. The highest BCUT2D eigenvalue weighted by atomic mass is 35.5. The minimum absolute atomic E-state index is 0.0499. The second kappa shape index (κ2) is 14.5. The molecule has 0 spiro atoms. The summed E-state index contributed by atoms with van der Waals surface area (Å²) in [5.41, 5.74) is 4.06. The number of amides is 1. The van der Waals surface area contributed by atoms with Crippen LogP contribution < -0.4 is 11.2 Å². The Morgan fingerprint density at radius 1 is 1.00 bits per heavy atom. The zero-order valence-corrected chi connectivity index (χ0v) is 26.3. The van der Waals surface area contributed by atoms with Gasteiger partial charge in [0.25, 0.3) is 5.56 Å². The second-order valence-electron chi connectivity index (χ2n) is 10.6. The maximum atomic E-state index is 13.5. The molecule has 1 N–H and O–H groups in total. The largest absolute Gasteiger partial charge is 0.344 e. The monoisotopic (exact) mass is 643 g/mol. The number of hydrogen-bond donors (Lipinski definition) is 1. The predicted molar refractivity (Wildman–Crippen MR) is 175 cm³/mol. The standard InChI is InChI=1S/C34H31ClFN5O3S/c1-3-29(26-16-37-33(44)38-17-26)30-19-41(34(39-32(30)43)45-21-23-6-14-28(36)15-7-23)20-31(42)40(2)18-22-4-8-24(9-5-22)25-10-12-27(35)13-11-25/h4-17,19,29H,3,18,20-21H2,1-2H3,(H,37,38,44). The number of aromatic nitrogens is 4. The van der Waals surface area contributed by atoms with Crippen molar-refractivity contribution >= 4 is 29.3 Å². The van der Waals surface area contributed by atoms with E-state index >= 15 is 0 Å². The molecular formula is C34H31ClFN5O3S. The first-order valence-corrected chi connectivity index (χ1v) is 15.7. The molecule has 2 heterocycles. The van der Waals surface area contributed by atoms with Crippen LogP contribution in [0.1, 0.15) is 41.5 Å². The molecule has 0 saturated heterocycles. The molecule has 0 fully saturated rings. The summed E-state index contributed by atoms with van der Waals surface area (Å²) in [6.07, 6.45) is 5.22. The van der Waals surface area contributed by atoms with Crippen LogP contribution >= 0.6 is 23.4 Å². The van der Waals surface area contributed by atoms with Crippen LogP contribution in [0.4, 0.5) is 4.39 Å². The molecule has 3 aromatic carbocycles. The Bertz CT molecular complexity index is 1870. The molecule has 0 radical (unpaired) electrons. The molecule has 0 saturated carbocycles. The molecule has 5 rings (SSSR count). The van der Waals surface area contributed by atoms with Crippen molar-refractivity contribution in [1.29, 1.82) is 0 Å². The lowest BCUT2D eigenvalue weighted by molar-refractivity contribution is -0.131. The Morgan fingerprint density at radius 2 is 1.64 bits per heavy atom. The van der Waals surface area contributed by atoms with Gasteiger partial charge in [-0.25, -0.2) is 14.2 Å². The van der Waals surface area contributed by atoms with Crippen molar-refractivity contribution in [3.8, 4) is 11.1 Å². The molecular weight excluding hydrogens is 613 g/mol. The van der Waals surface area contributed by atoms with Crippen molar-refractivity contribution in [1.82, 2.24) is 24.4 Å². The molecule has 230 valence electrons. The molecule has 45 heavy (non-hydrogen) atoms. The fourth-order valence-corrected chi connectivity index (χ4v) is 5.99. The number of rotatable bonds is 11. The van der Waals surface area contributed by atoms with E-state index < -0.39 is 11.2 Å². The van der Waals surface area contributed by atoms with Gasteiger partial charge in [0.05, 0.1) is 0 Å². The summed E-state index contributed by atoms with van der Waals surface area (Å²) in [5, 5.41) is 1.05. The van der Waals surface area contributed by atoms with E-state index in [2.05, 4.69) is 15.0 Å². The highest BCUT2D eigenvalue weighted by molar-refractivity contribution is 7.98. The molecule has 5 aromatic rings. The Morgan fingerprint density at radius 3 is 2.27 bits per heavy atom. The van der Waals surface area contributed by atoms with Crippen LogP contribution in [0.2, 0.25) is 5.02 Å². The third kappa shape index (κ3) is 8.14. The van der Waals surface area contributed by atoms with Crippen molar-refractivity contribution < 1.29 is 9.18 Å². The van der Waals surface area contributed by atoms with Crippen LogP contribution in [0.5, 0.6) is 0 Å². The van der Waals surface area contributed by atoms with Crippen molar-refractivity contribution in [3.63, 3.8) is 0 Å². The number of thioether (sulfide) groups is 1. The maximum absolute atomic E-state index is 13.5. The van der Waals surface area contributed by atoms with E-state index in [4.69, 9.17) is 11.6 Å². The third-order valence-corrected chi connectivity index (χ3v) is 8.74. The van der Waals surface area contributed by atoms with Crippen LogP contribution in [0.15, 0.2) is 106 Å². The number of carbonyl (C=O) groups excluding carboxylic acids is 1. The number of carbonyl (C=O) groups is 1. The highest BCUT2D eigenvalue weighted by Crippen LogP contribution is 2.27. The Balaban J connectivity index is 1.38. The fourth-order valence-electron chi connectivity index (χ4n) is 4.94. The zero-order valence-electron chi connectivity index (χ0n) is 24.7. The number of aromatic amines is 1. The topological polar surface area (TPSA) is 101 Å². The van der Waals surface area contributed by atoms with Gasteiger partial charge >= 0.3 is 5.69 Å². The van der Waals surface area contributed by atoms with E-state index in [1.807, 2.05) is 55.5 Å². The average molecular weight is 644 g/mol. The predicted octanol–water partition coefficient (Wildman–Crippen LogP) is 6.28. The molecule has 11 heteroatoms. The minimum Gasteiger partial charge on any atom is -0.340 e. The third-order valence-electron chi connectivity index (χ3n) is 7.43. The Hall–Kier alpha value is -4.54. The van der Waals surface area contributed by atoms with Crippen LogP contribution in [0.3, 0.4) is 0 Å². The Kier molecular flexibility index (Phi) is 10.3. The first-order valence-electron chi connectivity index (χ1n) is 14.3. The van der Waals surface area contributed by atoms with E-state index in [0.29, 0.717) is 40.0 Å². The zero-order chi connectivity index (χ0) is 31.9. The lowest BCUT2D eigenvalue weighted by Crippen LogP contribution is -2.32. The number of nitrogens with one attached hydrogen (secondary N) is 1. The van der Waals surface area contributed by atoms with Crippen LogP contribution in [-0.2, 0) is 23.6 Å². The van der Waals surface area contributed by atoms with Crippen molar-refractivity contribution in [2.45, 2.75) is 43.3 Å². The first kappa shape index (κ1) is 31.9. The quantitative estimate of drug-likeness (QED) is 0.134. The number of hydrogen-bond acceptors (Lipinski definition) is 6. The van der Waals surface area contributed by atoms with Crippen molar-refractivity contribution in [3.05, 3.63) is 145 Å². The molecule has 8 nitrogen and oxygen atoms in total. The summed E-state index contributed by atoms with van der Waals surface area (Å²) in [5.74, 6) is -0.463. The number of H-pyrrole nitrogens is 1. The molecule has 1 amide bonds. The number of likely N-dealkylation sites (N-methyl/N-ethyl adjacent to an activating group) is 1. The number of halogens is 2. The van der Waals surface area contributed by atoms with E-state index in [-0.39, 0.29) is 24.2 Å². The molecule has 0 aliphatic heterocycles. The van der Waals surface area contributed by atoms with Gasteiger partial charge in [-0.05, 0) is 58.5 Å². The van der Waals surface area contributed by atoms with Gasteiger partial charge in [0.15, 0.2) is 5.16 Å². The molecule has 1 atom stereocenters. The van der Waals surface area contributed by atoms with Gasteiger partial charge in [-0.3, -0.25) is 9.59 Å². The Labute approximate surface area is 269 Å². The van der Waals surface area contributed by atoms with Crippen LogP contribution in [-0.4, -0.2) is 37.4 Å². The summed E-state index contributed by atoms with van der Waals surface area (Å²) >= 11 is 7.31. The molecule has 0 bridgehead atoms. The SMILES string of the molecule is CCC(c1cnc(=O)[nH]c1)c1cn(CC(=O)N(C)Cc2ccc(-c3ccc(Cl)cc3)cc2)c(SCc2ccc(F)cc2)nc1=O. The summed E-state index contributed by atoms with van der Waals surface area (Å²) in [7, 11) is 1.73. The number of nitrogens with zero attached hydrogens (tertiary/aromatic N) is 4. The van der Waals surface area contributed by atoms with Gasteiger partial charge in [0.2, 0.25) is 5.91 Å². The van der Waals surface area contributed by atoms with Gasteiger partial charge < -0.3 is 14.5 Å². The minimum atomic E-state index is -0.482. The van der Waals surface area contributed by atoms with Gasteiger partial charge in [-0.2, -0.15) is 4.98 Å². The first-order chi connectivity index (χ1) is 21.7. The molecule has 0 aliphatic rings. The van der Waals surface area contributed by atoms with Gasteiger partial charge in [0, 0.05) is 54.4 Å². The van der Waals surface area contributed by atoms with Crippen LogP contribution in [0, 0.1) is 5.82 Å². The average Bonchev–Trinajstić information content (AvgIpc) is 3.04. The highest BCUT2D eigenvalue weighted by Gasteiger charge is 2.21. The van der Waals surface area contributed by atoms with Gasteiger partial charge in [-0.1, -0.05) is 78.8 Å². The van der Waals surface area contributed by atoms with Crippen LogP contribution in [0.25, 0.3) is 11.1 Å². The van der Waals surface area contributed by atoms with E-state index in [1.165, 1.54) is 30.1 Å². The second-order valence-corrected chi connectivity index (χ2v) is 12.0. The van der Waals surface area contributed by atoms with E-state index in [0.717, 1.165) is 22.3 Å². The van der Waals surface area contributed by atoms with Gasteiger partial charge in [0.1, 0.15) is 12.4 Å². The summed E-state index contributed by atoms with van der Waals surface area (Å²) in [6.45, 7) is 2.26. The summed E-state index contributed by atoms with van der Waals surface area (Å²) in [4.78, 5) is 50.8. The smallest absolute Gasteiger partial charge is 0.340 e. The van der Waals surface area contributed by atoms with Crippen molar-refractivity contribution in [2.24, 2.45) is 0 Å². The van der Waals surface area contributed by atoms with E-state index in [9.17, 15) is 18.8 Å². The normalized spacial score (nSPS) is 11.7.